The second-order valence-electron chi connectivity index (χ2n) is 3.77. The standard InChI is InChI=1S/C13H15N3O2/c1-18-11-4-2-3-10(9-11)13(17)16-6-5-12-14-7-8-15-12/h2-4,7-9H,5-6H2,1H3,(H,14,15)(H,16,17). The van der Waals surface area contributed by atoms with Gasteiger partial charge in [0.15, 0.2) is 0 Å². The minimum Gasteiger partial charge on any atom is -0.497 e. The van der Waals surface area contributed by atoms with E-state index in [9.17, 15) is 4.79 Å². The first-order valence-corrected chi connectivity index (χ1v) is 5.70. The molecule has 0 radical (unpaired) electrons. The highest BCUT2D eigenvalue weighted by molar-refractivity contribution is 5.94. The summed E-state index contributed by atoms with van der Waals surface area (Å²) in [6.45, 7) is 0.545. The number of aromatic amines is 1. The topological polar surface area (TPSA) is 67.0 Å². The van der Waals surface area contributed by atoms with Gasteiger partial charge in [-0.3, -0.25) is 4.79 Å². The van der Waals surface area contributed by atoms with Gasteiger partial charge < -0.3 is 15.0 Å². The number of aromatic nitrogens is 2. The molecule has 2 aromatic rings. The van der Waals surface area contributed by atoms with Crippen molar-refractivity contribution in [3.8, 4) is 5.75 Å². The molecule has 0 aliphatic carbocycles. The Kier molecular flexibility index (Phi) is 3.96. The van der Waals surface area contributed by atoms with Gasteiger partial charge in [0.25, 0.3) is 5.91 Å². The number of carbonyl (C=O) groups is 1. The second kappa shape index (κ2) is 5.86. The summed E-state index contributed by atoms with van der Waals surface area (Å²) in [6.07, 6.45) is 4.14. The van der Waals surface area contributed by atoms with E-state index in [0.717, 1.165) is 5.82 Å². The number of carbonyl (C=O) groups excluding carboxylic acids is 1. The molecule has 2 rings (SSSR count). The van der Waals surface area contributed by atoms with Gasteiger partial charge in [0.1, 0.15) is 11.6 Å². The van der Waals surface area contributed by atoms with Gasteiger partial charge in [-0.1, -0.05) is 6.07 Å². The molecule has 1 amide bonds. The van der Waals surface area contributed by atoms with Crippen LogP contribution in [-0.2, 0) is 6.42 Å². The molecule has 0 unspecified atom stereocenters. The van der Waals surface area contributed by atoms with Crippen molar-refractivity contribution < 1.29 is 9.53 Å². The number of nitrogens with zero attached hydrogens (tertiary/aromatic N) is 1. The highest BCUT2D eigenvalue weighted by Gasteiger charge is 2.06. The minimum atomic E-state index is -0.111. The molecule has 1 heterocycles. The Bertz CT molecular complexity index is 509. The van der Waals surface area contributed by atoms with Crippen molar-refractivity contribution in [1.29, 1.82) is 0 Å². The summed E-state index contributed by atoms with van der Waals surface area (Å²) < 4.78 is 5.07. The molecule has 0 atom stereocenters. The Balaban J connectivity index is 1.87. The lowest BCUT2D eigenvalue weighted by molar-refractivity contribution is 0.0953. The first-order chi connectivity index (χ1) is 8.79. The van der Waals surface area contributed by atoms with E-state index >= 15 is 0 Å². The first kappa shape index (κ1) is 12.2. The van der Waals surface area contributed by atoms with Crippen LogP contribution in [0, 0.1) is 0 Å². The summed E-state index contributed by atoms with van der Waals surface area (Å²) in [5, 5.41) is 2.83. The van der Waals surface area contributed by atoms with Crippen molar-refractivity contribution in [2.75, 3.05) is 13.7 Å². The van der Waals surface area contributed by atoms with Crippen molar-refractivity contribution in [3.05, 3.63) is 48.0 Å². The van der Waals surface area contributed by atoms with Crippen LogP contribution < -0.4 is 10.1 Å². The molecular weight excluding hydrogens is 230 g/mol. The lowest BCUT2D eigenvalue weighted by atomic mass is 10.2. The molecule has 0 fully saturated rings. The average Bonchev–Trinajstić information content (AvgIpc) is 2.92. The van der Waals surface area contributed by atoms with E-state index < -0.39 is 0 Å². The molecule has 1 aromatic heterocycles. The van der Waals surface area contributed by atoms with Crippen LogP contribution in [0.5, 0.6) is 5.75 Å². The van der Waals surface area contributed by atoms with E-state index in [1.165, 1.54) is 0 Å². The normalized spacial score (nSPS) is 10.1. The minimum absolute atomic E-state index is 0.111. The molecule has 18 heavy (non-hydrogen) atoms. The van der Waals surface area contributed by atoms with Crippen molar-refractivity contribution in [2.45, 2.75) is 6.42 Å². The molecule has 0 aliphatic heterocycles. The number of hydrogen-bond acceptors (Lipinski definition) is 3. The summed E-state index contributed by atoms with van der Waals surface area (Å²) in [5.41, 5.74) is 0.591. The molecule has 5 heteroatoms. The van der Waals surface area contributed by atoms with Crippen LogP contribution in [0.3, 0.4) is 0 Å². The maximum absolute atomic E-state index is 11.8. The molecule has 94 valence electrons. The lowest BCUT2D eigenvalue weighted by Crippen LogP contribution is -2.25. The van der Waals surface area contributed by atoms with Gasteiger partial charge in [-0.05, 0) is 18.2 Å². The van der Waals surface area contributed by atoms with Crippen LogP contribution in [0.25, 0.3) is 0 Å². The van der Waals surface area contributed by atoms with E-state index in [-0.39, 0.29) is 5.91 Å². The van der Waals surface area contributed by atoms with Crippen LogP contribution in [0.2, 0.25) is 0 Å². The third-order valence-corrected chi connectivity index (χ3v) is 2.53. The van der Waals surface area contributed by atoms with Gasteiger partial charge in [-0.15, -0.1) is 0 Å². The number of rotatable bonds is 5. The van der Waals surface area contributed by atoms with Gasteiger partial charge in [-0.25, -0.2) is 4.98 Å². The van der Waals surface area contributed by atoms with Crippen molar-refractivity contribution in [1.82, 2.24) is 15.3 Å². The van der Waals surface area contributed by atoms with Crippen LogP contribution in [0.15, 0.2) is 36.7 Å². The van der Waals surface area contributed by atoms with Gasteiger partial charge in [0.05, 0.1) is 7.11 Å². The quantitative estimate of drug-likeness (QED) is 0.836. The molecule has 0 saturated carbocycles. The fraction of sp³-hybridized carbons (Fsp3) is 0.231. The molecule has 5 nitrogen and oxygen atoms in total. The summed E-state index contributed by atoms with van der Waals surface area (Å²) in [6, 6.07) is 7.06. The number of hydrogen-bond donors (Lipinski definition) is 2. The van der Waals surface area contributed by atoms with Crippen LogP contribution in [0.1, 0.15) is 16.2 Å². The first-order valence-electron chi connectivity index (χ1n) is 5.70. The molecule has 2 N–H and O–H groups in total. The summed E-state index contributed by atoms with van der Waals surface area (Å²) >= 11 is 0. The van der Waals surface area contributed by atoms with Gasteiger partial charge in [0.2, 0.25) is 0 Å². The Labute approximate surface area is 105 Å². The number of nitrogens with one attached hydrogen (secondary N) is 2. The Morgan fingerprint density at radius 1 is 1.50 bits per heavy atom. The number of imidazole rings is 1. The molecule has 1 aromatic carbocycles. The van der Waals surface area contributed by atoms with Crippen molar-refractivity contribution in [2.24, 2.45) is 0 Å². The zero-order valence-corrected chi connectivity index (χ0v) is 10.1. The summed E-state index contributed by atoms with van der Waals surface area (Å²) in [4.78, 5) is 18.9. The SMILES string of the molecule is COc1cccc(C(=O)NCCc2ncc[nH]2)c1. The second-order valence-corrected chi connectivity index (χ2v) is 3.77. The zero-order chi connectivity index (χ0) is 12.8. The Morgan fingerprint density at radius 3 is 3.11 bits per heavy atom. The predicted molar refractivity (Wildman–Crippen MR) is 67.6 cm³/mol. The highest BCUT2D eigenvalue weighted by atomic mass is 16.5. The third kappa shape index (κ3) is 3.10. The third-order valence-electron chi connectivity index (χ3n) is 2.53. The zero-order valence-electron chi connectivity index (χ0n) is 10.1. The number of amides is 1. The molecule has 0 saturated heterocycles. The number of ether oxygens (including phenoxy) is 1. The van der Waals surface area contributed by atoms with Gasteiger partial charge >= 0.3 is 0 Å². The lowest BCUT2D eigenvalue weighted by Gasteiger charge is -2.05. The highest BCUT2D eigenvalue weighted by Crippen LogP contribution is 2.12. The fourth-order valence-corrected chi connectivity index (χ4v) is 1.60. The summed E-state index contributed by atoms with van der Waals surface area (Å²) in [7, 11) is 1.58. The summed E-state index contributed by atoms with van der Waals surface area (Å²) in [5.74, 6) is 1.43. The fourth-order valence-electron chi connectivity index (χ4n) is 1.60. The molecule has 0 spiro atoms. The molecular formula is C13H15N3O2. The molecule has 0 bridgehead atoms. The van der Waals surface area contributed by atoms with E-state index in [1.54, 1.807) is 43.8 Å². The average molecular weight is 245 g/mol. The maximum Gasteiger partial charge on any atom is 0.251 e. The van der Waals surface area contributed by atoms with Gasteiger partial charge in [0, 0.05) is 30.9 Å². The molecule has 0 aliphatic rings. The van der Waals surface area contributed by atoms with E-state index in [4.69, 9.17) is 4.74 Å². The van der Waals surface area contributed by atoms with Crippen molar-refractivity contribution in [3.63, 3.8) is 0 Å². The largest absolute Gasteiger partial charge is 0.497 e. The smallest absolute Gasteiger partial charge is 0.251 e. The number of methoxy groups -OCH3 is 1. The van der Waals surface area contributed by atoms with Crippen LogP contribution in [0.4, 0.5) is 0 Å². The van der Waals surface area contributed by atoms with Crippen molar-refractivity contribution >= 4 is 5.91 Å². The van der Waals surface area contributed by atoms with E-state index in [0.29, 0.717) is 24.3 Å². The van der Waals surface area contributed by atoms with E-state index in [1.807, 2.05) is 0 Å². The Morgan fingerprint density at radius 2 is 2.39 bits per heavy atom. The Hall–Kier alpha value is -2.30. The maximum atomic E-state index is 11.8. The monoisotopic (exact) mass is 245 g/mol. The van der Waals surface area contributed by atoms with E-state index in [2.05, 4.69) is 15.3 Å². The number of benzene rings is 1. The van der Waals surface area contributed by atoms with Gasteiger partial charge in [-0.2, -0.15) is 0 Å². The van der Waals surface area contributed by atoms with Crippen LogP contribution >= 0.6 is 0 Å². The number of H-pyrrole nitrogens is 1. The van der Waals surface area contributed by atoms with Crippen LogP contribution in [-0.4, -0.2) is 29.5 Å². The predicted octanol–water partition coefficient (Wildman–Crippen LogP) is 1.39.